The van der Waals surface area contributed by atoms with Crippen LogP contribution in [0.3, 0.4) is 0 Å². The lowest BCUT2D eigenvalue weighted by Crippen LogP contribution is -2.44. The van der Waals surface area contributed by atoms with Crippen LogP contribution in [-0.4, -0.2) is 37.2 Å². The number of nitrogens with zero attached hydrogens (tertiary/aromatic N) is 1. The van der Waals surface area contributed by atoms with Crippen molar-refractivity contribution >= 4 is 0 Å². The van der Waals surface area contributed by atoms with Crippen LogP contribution in [0.5, 0.6) is 5.75 Å². The summed E-state index contributed by atoms with van der Waals surface area (Å²) in [5, 5.41) is 0. The second kappa shape index (κ2) is 7.86. The number of piperidine rings is 1. The van der Waals surface area contributed by atoms with Gasteiger partial charge in [0.25, 0.3) is 0 Å². The van der Waals surface area contributed by atoms with E-state index in [-0.39, 0.29) is 0 Å². The Morgan fingerprint density at radius 2 is 2.00 bits per heavy atom. The van der Waals surface area contributed by atoms with Crippen molar-refractivity contribution in [3.63, 3.8) is 0 Å². The van der Waals surface area contributed by atoms with Gasteiger partial charge in [0.2, 0.25) is 0 Å². The van der Waals surface area contributed by atoms with Crippen LogP contribution in [0, 0.1) is 12.8 Å². The Kier molecular flexibility index (Phi) is 5.10. The van der Waals surface area contributed by atoms with E-state index in [0.29, 0.717) is 12.0 Å². The summed E-state index contributed by atoms with van der Waals surface area (Å²) in [6, 6.07) is 16.3. The summed E-state index contributed by atoms with van der Waals surface area (Å²) in [4.78, 5) is 2.62. The first kappa shape index (κ1) is 18.2. The van der Waals surface area contributed by atoms with Crippen molar-refractivity contribution in [2.75, 3.05) is 26.2 Å². The molecule has 2 aromatic rings. The van der Waals surface area contributed by atoms with Gasteiger partial charge in [0.1, 0.15) is 5.75 Å². The number of hydrogen-bond acceptors (Lipinski definition) is 4. The molecule has 0 amide bonds. The molecule has 4 heteroatoms. The molecule has 0 saturated carbocycles. The fourth-order valence-electron chi connectivity index (χ4n) is 5.25. The molecule has 2 fully saturated rings. The van der Waals surface area contributed by atoms with E-state index in [2.05, 4.69) is 65.1 Å². The summed E-state index contributed by atoms with van der Waals surface area (Å²) in [5.41, 5.74) is 12.7. The molecule has 0 aliphatic carbocycles. The van der Waals surface area contributed by atoms with E-state index < -0.39 is 0 Å². The van der Waals surface area contributed by atoms with Crippen LogP contribution >= 0.6 is 0 Å². The Hall–Kier alpha value is -1.88. The number of aryl methyl sites for hydroxylation is 1. The number of nitrogens with one attached hydrogen (secondary N) is 2. The molecule has 3 aliphatic heterocycles. The molecular weight excluding hydrogens is 346 g/mol. The third-order valence-corrected chi connectivity index (χ3v) is 6.79. The van der Waals surface area contributed by atoms with Gasteiger partial charge in [-0.25, -0.2) is 0 Å². The fraction of sp³-hybridized carbons (Fsp3) is 0.500. The maximum Gasteiger partial charge on any atom is 0.122 e. The van der Waals surface area contributed by atoms with Crippen LogP contribution in [0.1, 0.15) is 41.0 Å². The van der Waals surface area contributed by atoms with Crippen LogP contribution < -0.4 is 15.6 Å². The number of ether oxygens (including phenoxy) is 1. The van der Waals surface area contributed by atoms with Crippen LogP contribution in [0.4, 0.5) is 0 Å². The van der Waals surface area contributed by atoms with Crippen molar-refractivity contribution in [3.05, 3.63) is 64.7 Å². The Bertz CT molecular complexity index is 828. The minimum absolute atomic E-state index is 0.543. The molecular formula is C24H31N3O. The summed E-state index contributed by atoms with van der Waals surface area (Å²) < 4.78 is 5.64. The first-order valence-corrected chi connectivity index (χ1v) is 10.8. The zero-order valence-corrected chi connectivity index (χ0v) is 16.8. The lowest BCUT2D eigenvalue weighted by Gasteiger charge is -2.36. The molecule has 4 nitrogen and oxygen atoms in total. The van der Waals surface area contributed by atoms with E-state index in [9.17, 15) is 0 Å². The number of fused-ring (bicyclic) bond motifs is 1. The van der Waals surface area contributed by atoms with Gasteiger partial charge in [0.05, 0.1) is 6.61 Å². The third kappa shape index (κ3) is 3.69. The average Bonchev–Trinajstić information content (AvgIpc) is 3.38. The molecule has 2 N–H and O–H groups in total. The lowest BCUT2D eigenvalue weighted by molar-refractivity contribution is 0.152. The highest BCUT2D eigenvalue weighted by Gasteiger charge is 2.36. The number of likely N-dealkylation sites (tertiary alicyclic amines) is 1. The van der Waals surface area contributed by atoms with Crippen molar-refractivity contribution in [3.8, 4) is 5.75 Å². The summed E-state index contributed by atoms with van der Waals surface area (Å²) in [6.07, 6.45) is 3.61. The van der Waals surface area contributed by atoms with Crippen LogP contribution in [0.25, 0.3) is 0 Å². The minimum atomic E-state index is 0.543. The first-order valence-electron chi connectivity index (χ1n) is 10.8. The van der Waals surface area contributed by atoms with Crippen LogP contribution in [0.2, 0.25) is 0 Å². The minimum Gasteiger partial charge on any atom is -0.493 e. The van der Waals surface area contributed by atoms with E-state index >= 15 is 0 Å². The quantitative estimate of drug-likeness (QED) is 0.856. The van der Waals surface area contributed by atoms with Crippen molar-refractivity contribution in [1.29, 1.82) is 0 Å². The summed E-state index contributed by atoms with van der Waals surface area (Å²) in [6.45, 7) is 7.52. The maximum atomic E-state index is 5.64. The van der Waals surface area contributed by atoms with E-state index in [0.717, 1.165) is 37.8 Å². The largest absolute Gasteiger partial charge is 0.493 e. The Balaban J connectivity index is 1.20. The Morgan fingerprint density at radius 1 is 1.11 bits per heavy atom. The number of hydrazine groups is 1. The van der Waals surface area contributed by atoms with Gasteiger partial charge in [-0.3, -0.25) is 15.8 Å². The highest BCUT2D eigenvalue weighted by molar-refractivity contribution is 5.39. The number of benzene rings is 2. The van der Waals surface area contributed by atoms with Crippen LogP contribution in [0.15, 0.2) is 42.5 Å². The number of rotatable bonds is 4. The van der Waals surface area contributed by atoms with E-state index in [4.69, 9.17) is 4.74 Å². The van der Waals surface area contributed by atoms with Crippen molar-refractivity contribution in [2.45, 2.75) is 44.7 Å². The molecule has 28 heavy (non-hydrogen) atoms. The van der Waals surface area contributed by atoms with Crippen LogP contribution in [-0.2, 0) is 13.0 Å². The molecule has 5 rings (SSSR count). The zero-order chi connectivity index (χ0) is 18.9. The molecule has 0 aromatic heterocycles. The normalized spacial score (nSPS) is 25.6. The van der Waals surface area contributed by atoms with Crippen molar-refractivity contribution in [1.82, 2.24) is 15.8 Å². The fourth-order valence-corrected chi connectivity index (χ4v) is 5.25. The summed E-state index contributed by atoms with van der Waals surface area (Å²) in [5.74, 6) is 2.41. The molecule has 2 atom stereocenters. The van der Waals surface area contributed by atoms with E-state index in [1.807, 2.05) is 0 Å². The molecule has 3 heterocycles. The van der Waals surface area contributed by atoms with E-state index in [1.54, 1.807) is 0 Å². The first-order chi connectivity index (χ1) is 13.8. The molecule has 3 aliphatic rings. The van der Waals surface area contributed by atoms with Gasteiger partial charge in [-0.05, 0) is 61.5 Å². The second-order valence-electron chi connectivity index (χ2n) is 8.73. The Labute approximate surface area is 168 Å². The maximum absolute atomic E-state index is 5.64. The second-order valence-corrected chi connectivity index (χ2v) is 8.73. The smallest absolute Gasteiger partial charge is 0.122 e. The van der Waals surface area contributed by atoms with Crippen molar-refractivity contribution < 1.29 is 4.74 Å². The predicted octanol–water partition coefficient (Wildman–Crippen LogP) is 3.40. The monoisotopic (exact) mass is 377 g/mol. The molecule has 0 spiro atoms. The van der Waals surface area contributed by atoms with Gasteiger partial charge in [0.15, 0.2) is 0 Å². The van der Waals surface area contributed by atoms with Gasteiger partial charge >= 0.3 is 0 Å². The third-order valence-electron chi connectivity index (χ3n) is 6.79. The SMILES string of the molecule is Cc1cccc(C2CNNC2C2CCN(Cc3ccc4c(c3)CCO4)CC2)c1. The van der Waals surface area contributed by atoms with Gasteiger partial charge in [-0.2, -0.15) is 0 Å². The standard InChI is InChI=1S/C24H31N3O/c1-17-3-2-4-20(13-17)22-15-25-26-24(22)19-7-10-27(11-8-19)16-18-5-6-23-21(14-18)9-12-28-23/h2-6,13-14,19,22,24-26H,7-12,15-16H2,1H3. The van der Waals surface area contributed by atoms with Gasteiger partial charge in [0, 0.05) is 31.5 Å². The zero-order valence-electron chi connectivity index (χ0n) is 16.8. The predicted molar refractivity (Wildman–Crippen MR) is 112 cm³/mol. The molecule has 2 unspecified atom stereocenters. The molecule has 2 aromatic carbocycles. The molecule has 2 saturated heterocycles. The highest BCUT2D eigenvalue weighted by Crippen LogP contribution is 2.33. The van der Waals surface area contributed by atoms with Crippen molar-refractivity contribution in [2.24, 2.45) is 5.92 Å². The summed E-state index contributed by atoms with van der Waals surface area (Å²) >= 11 is 0. The molecule has 148 valence electrons. The Morgan fingerprint density at radius 3 is 2.86 bits per heavy atom. The highest BCUT2D eigenvalue weighted by atomic mass is 16.5. The topological polar surface area (TPSA) is 36.5 Å². The summed E-state index contributed by atoms with van der Waals surface area (Å²) in [7, 11) is 0. The van der Waals surface area contributed by atoms with Gasteiger partial charge in [-0.15, -0.1) is 0 Å². The molecule has 0 radical (unpaired) electrons. The molecule has 0 bridgehead atoms. The van der Waals surface area contributed by atoms with Gasteiger partial charge in [-0.1, -0.05) is 42.0 Å². The lowest BCUT2D eigenvalue weighted by atomic mass is 9.80. The van der Waals surface area contributed by atoms with Gasteiger partial charge < -0.3 is 4.74 Å². The number of hydrogen-bond donors (Lipinski definition) is 2. The average molecular weight is 378 g/mol. The van der Waals surface area contributed by atoms with E-state index in [1.165, 1.54) is 48.2 Å².